The van der Waals surface area contributed by atoms with Crippen molar-refractivity contribution in [2.45, 2.75) is 20.4 Å². The zero-order chi connectivity index (χ0) is 17.5. The number of benzene rings is 2. The summed E-state index contributed by atoms with van der Waals surface area (Å²) < 4.78 is 0. The van der Waals surface area contributed by atoms with Gasteiger partial charge in [0.1, 0.15) is 0 Å². The van der Waals surface area contributed by atoms with E-state index in [0.717, 1.165) is 12.1 Å². The number of carbonyl (C=O) groups excluding carboxylic acids is 2. The lowest BCUT2D eigenvalue weighted by molar-refractivity contribution is -0.117. The highest BCUT2D eigenvalue weighted by atomic mass is 35.5. The van der Waals surface area contributed by atoms with Gasteiger partial charge in [-0.05, 0) is 43.3 Å². The van der Waals surface area contributed by atoms with Gasteiger partial charge in [0, 0.05) is 22.8 Å². The minimum Gasteiger partial charge on any atom is -0.325 e. The van der Waals surface area contributed by atoms with Crippen LogP contribution >= 0.6 is 11.6 Å². The Morgan fingerprint density at radius 2 is 1.88 bits per heavy atom. The number of carbonyl (C=O) groups is 2. The van der Waals surface area contributed by atoms with Crippen LogP contribution in [0.5, 0.6) is 0 Å². The average molecular weight is 345 g/mol. The molecule has 24 heavy (non-hydrogen) atoms. The molecule has 4 nitrogen and oxygen atoms in total. The van der Waals surface area contributed by atoms with Gasteiger partial charge in [0.05, 0.1) is 6.54 Å². The third-order valence-corrected chi connectivity index (χ3v) is 3.90. The Kier molecular flexibility index (Phi) is 6.53. The molecule has 0 aliphatic carbocycles. The second-order valence-corrected chi connectivity index (χ2v) is 6.05. The standard InChI is InChI=1S/C19H21ClN2O2/c1-3-22(12-15-6-4-8-17(20)10-15)13-19(24)21-18-9-5-7-16(11-18)14(2)23/h4-11H,3,12-13H2,1-2H3,(H,21,24). The number of hydrogen-bond donors (Lipinski definition) is 1. The molecular weight excluding hydrogens is 324 g/mol. The Morgan fingerprint density at radius 3 is 2.54 bits per heavy atom. The van der Waals surface area contributed by atoms with Gasteiger partial charge in [-0.25, -0.2) is 0 Å². The Bertz CT molecular complexity index is 731. The molecule has 0 radical (unpaired) electrons. The Morgan fingerprint density at radius 1 is 1.12 bits per heavy atom. The van der Waals surface area contributed by atoms with Crippen LogP contribution in [0.4, 0.5) is 5.69 Å². The predicted octanol–water partition coefficient (Wildman–Crippen LogP) is 4.00. The number of ketones is 1. The number of hydrogen-bond acceptors (Lipinski definition) is 3. The van der Waals surface area contributed by atoms with Crippen molar-refractivity contribution in [3.63, 3.8) is 0 Å². The molecule has 0 saturated carbocycles. The van der Waals surface area contributed by atoms with Crippen LogP contribution in [0.15, 0.2) is 48.5 Å². The number of nitrogens with zero attached hydrogens (tertiary/aromatic N) is 1. The summed E-state index contributed by atoms with van der Waals surface area (Å²) in [6, 6.07) is 14.6. The van der Waals surface area contributed by atoms with E-state index in [1.54, 1.807) is 24.3 Å². The largest absolute Gasteiger partial charge is 0.325 e. The van der Waals surface area contributed by atoms with Gasteiger partial charge < -0.3 is 5.32 Å². The molecule has 0 aliphatic rings. The van der Waals surface area contributed by atoms with Crippen LogP contribution in [0, 0.1) is 0 Å². The number of likely N-dealkylation sites (N-methyl/N-ethyl adjacent to an activating group) is 1. The van der Waals surface area contributed by atoms with Gasteiger partial charge >= 0.3 is 0 Å². The van der Waals surface area contributed by atoms with E-state index in [2.05, 4.69) is 5.32 Å². The van der Waals surface area contributed by atoms with E-state index in [-0.39, 0.29) is 18.2 Å². The van der Waals surface area contributed by atoms with Crippen molar-refractivity contribution >= 4 is 29.0 Å². The molecule has 0 saturated heterocycles. The SMILES string of the molecule is CCN(CC(=O)Nc1cccc(C(C)=O)c1)Cc1cccc(Cl)c1. The first kappa shape index (κ1) is 18.2. The summed E-state index contributed by atoms with van der Waals surface area (Å²) in [6.45, 7) is 5.18. The summed E-state index contributed by atoms with van der Waals surface area (Å²) >= 11 is 6.00. The maximum absolute atomic E-state index is 12.3. The Labute approximate surface area is 147 Å². The first-order valence-electron chi connectivity index (χ1n) is 7.85. The molecule has 1 N–H and O–H groups in total. The molecule has 0 aliphatic heterocycles. The fourth-order valence-corrected chi connectivity index (χ4v) is 2.61. The van der Waals surface area contributed by atoms with Crippen molar-refractivity contribution < 1.29 is 9.59 Å². The number of rotatable bonds is 7. The van der Waals surface area contributed by atoms with Gasteiger partial charge in [0.25, 0.3) is 0 Å². The number of halogens is 1. The monoisotopic (exact) mass is 344 g/mol. The summed E-state index contributed by atoms with van der Waals surface area (Å²) in [6.07, 6.45) is 0. The quantitative estimate of drug-likeness (QED) is 0.772. The van der Waals surface area contributed by atoms with Crippen LogP contribution < -0.4 is 5.32 Å². The van der Waals surface area contributed by atoms with E-state index in [9.17, 15) is 9.59 Å². The van der Waals surface area contributed by atoms with Crippen molar-refractivity contribution in [2.75, 3.05) is 18.4 Å². The second kappa shape index (κ2) is 8.62. The Balaban J connectivity index is 1.96. The third kappa shape index (κ3) is 5.48. The molecule has 126 valence electrons. The smallest absolute Gasteiger partial charge is 0.238 e. The van der Waals surface area contributed by atoms with E-state index in [1.165, 1.54) is 6.92 Å². The Hall–Kier alpha value is -2.17. The molecule has 1 amide bonds. The van der Waals surface area contributed by atoms with Crippen molar-refractivity contribution in [3.05, 3.63) is 64.7 Å². The van der Waals surface area contributed by atoms with Crippen LogP contribution in [-0.4, -0.2) is 29.7 Å². The van der Waals surface area contributed by atoms with Crippen molar-refractivity contribution in [1.29, 1.82) is 0 Å². The molecule has 2 aromatic carbocycles. The number of amides is 1. The maximum Gasteiger partial charge on any atom is 0.238 e. The minimum absolute atomic E-state index is 0.0257. The second-order valence-electron chi connectivity index (χ2n) is 5.62. The van der Waals surface area contributed by atoms with E-state index >= 15 is 0 Å². The highest BCUT2D eigenvalue weighted by Crippen LogP contribution is 2.14. The van der Waals surface area contributed by atoms with Gasteiger partial charge in [-0.1, -0.05) is 42.8 Å². The van der Waals surface area contributed by atoms with Gasteiger partial charge in [0.15, 0.2) is 5.78 Å². The molecule has 5 heteroatoms. The number of nitrogens with one attached hydrogen (secondary N) is 1. The van der Waals surface area contributed by atoms with Crippen molar-refractivity contribution in [3.8, 4) is 0 Å². The molecule has 0 spiro atoms. The lowest BCUT2D eigenvalue weighted by Gasteiger charge is -2.20. The van der Waals surface area contributed by atoms with E-state index in [0.29, 0.717) is 22.8 Å². The van der Waals surface area contributed by atoms with E-state index in [1.807, 2.05) is 36.1 Å². The molecular formula is C19H21ClN2O2. The number of anilines is 1. The molecule has 0 heterocycles. The molecule has 0 unspecified atom stereocenters. The first-order chi connectivity index (χ1) is 11.5. The van der Waals surface area contributed by atoms with Crippen LogP contribution in [0.2, 0.25) is 5.02 Å². The molecule has 0 bridgehead atoms. The topological polar surface area (TPSA) is 49.4 Å². The van der Waals surface area contributed by atoms with Crippen LogP contribution in [0.3, 0.4) is 0 Å². The summed E-state index contributed by atoms with van der Waals surface area (Å²) in [5.74, 6) is -0.137. The molecule has 2 aromatic rings. The fourth-order valence-electron chi connectivity index (χ4n) is 2.39. The highest BCUT2D eigenvalue weighted by Gasteiger charge is 2.11. The van der Waals surface area contributed by atoms with Crippen molar-refractivity contribution in [1.82, 2.24) is 4.90 Å². The number of Topliss-reactive ketones (excluding diaryl/α,β-unsaturated/α-hetero) is 1. The molecule has 0 atom stereocenters. The third-order valence-electron chi connectivity index (χ3n) is 3.66. The van der Waals surface area contributed by atoms with E-state index < -0.39 is 0 Å². The summed E-state index contributed by atoms with van der Waals surface area (Å²) in [5.41, 5.74) is 2.28. The summed E-state index contributed by atoms with van der Waals surface area (Å²) in [7, 11) is 0. The van der Waals surface area contributed by atoms with Crippen LogP contribution in [-0.2, 0) is 11.3 Å². The zero-order valence-corrected chi connectivity index (χ0v) is 14.6. The van der Waals surface area contributed by atoms with Gasteiger partial charge in [-0.15, -0.1) is 0 Å². The van der Waals surface area contributed by atoms with E-state index in [4.69, 9.17) is 11.6 Å². The van der Waals surface area contributed by atoms with Crippen molar-refractivity contribution in [2.24, 2.45) is 0 Å². The van der Waals surface area contributed by atoms with Gasteiger partial charge in [-0.3, -0.25) is 14.5 Å². The summed E-state index contributed by atoms with van der Waals surface area (Å²) in [5, 5.41) is 3.53. The highest BCUT2D eigenvalue weighted by molar-refractivity contribution is 6.30. The average Bonchev–Trinajstić information content (AvgIpc) is 2.54. The zero-order valence-electron chi connectivity index (χ0n) is 13.9. The molecule has 0 aromatic heterocycles. The summed E-state index contributed by atoms with van der Waals surface area (Å²) in [4.78, 5) is 25.7. The normalized spacial score (nSPS) is 10.7. The van der Waals surface area contributed by atoms with Gasteiger partial charge in [-0.2, -0.15) is 0 Å². The fraction of sp³-hybridized carbons (Fsp3) is 0.263. The lowest BCUT2D eigenvalue weighted by Crippen LogP contribution is -2.32. The van der Waals surface area contributed by atoms with Crippen LogP contribution in [0.1, 0.15) is 29.8 Å². The minimum atomic E-state index is -0.111. The molecule has 0 fully saturated rings. The maximum atomic E-state index is 12.3. The lowest BCUT2D eigenvalue weighted by atomic mass is 10.1. The first-order valence-corrected chi connectivity index (χ1v) is 8.23. The van der Waals surface area contributed by atoms with Crippen LogP contribution in [0.25, 0.3) is 0 Å². The predicted molar refractivity (Wildman–Crippen MR) is 97.5 cm³/mol. The molecule has 2 rings (SSSR count). The van der Waals surface area contributed by atoms with Gasteiger partial charge in [0.2, 0.25) is 5.91 Å².